The van der Waals surface area contributed by atoms with Crippen molar-refractivity contribution in [3.63, 3.8) is 0 Å². The number of fused-ring (bicyclic) bond motifs is 1. The molecule has 1 aromatic heterocycles. The zero-order chi connectivity index (χ0) is 20.3. The van der Waals surface area contributed by atoms with Gasteiger partial charge in [0.25, 0.3) is 0 Å². The quantitative estimate of drug-likeness (QED) is 0.834. The second-order valence-electron chi connectivity index (χ2n) is 8.55. The summed E-state index contributed by atoms with van der Waals surface area (Å²) in [5.74, 6) is -0.165. The number of thiazole rings is 1. The third kappa shape index (κ3) is 5.29. The highest BCUT2D eigenvalue weighted by Crippen LogP contribution is 2.35. The van der Waals surface area contributed by atoms with E-state index in [0.717, 1.165) is 36.3 Å². The molecule has 28 heavy (non-hydrogen) atoms. The third-order valence-electron chi connectivity index (χ3n) is 4.87. The highest BCUT2D eigenvalue weighted by Gasteiger charge is 2.29. The van der Waals surface area contributed by atoms with E-state index in [-0.39, 0.29) is 29.9 Å². The lowest BCUT2D eigenvalue weighted by atomic mass is 10.0. The molecule has 1 fully saturated rings. The monoisotopic (exact) mass is 402 g/mol. The van der Waals surface area contributed by atoms with Crippen molar-refractivity contribution >= 4 is 33.4 Å². The van der Waals surface area contributed by atoms with Crippen LogP contribution in [0.5, 0.6) is 0 Å². The smallest absolute Gasteiger partial charge is 0.240 e. The molecule has 3 rings (SSSR count). The SMILES string of the molecule is CN(CC(=O)NC(C)(C)C)C(=O)CN1CCCC[C@H]1c1nc2ccccc2s1. The maximum absolute atomic E-state index is 12.7. The number of hydrogen-bond acceptors (Lipinski definition) is 5. The predicted octanol–water partition coefficient (Wildman–Crippen LogP) is 3.20. The van der Waals surface area contributed by atoms with E-state index >= 15 is 0 Å². The summed E-state index contributed by atoms with van der Waals surface area (Å²) in [4.78, 5) is 33.4. The highest BCUT2D eigenvalue weighted by atomic mass is 32.1. The van der Waals surface area contributed by atoms with E-state index in [1.807, 2.05) is 39.0 Å². The van der Waals surface area contributed by atoms with Gasteiger partial charge in [-0.3, -0.25) is 14.5 Å². The molecule has 1 aliphatic heterocycles. The molecule has 0 unspecified atom stereocenters. The standard InChI is InChI=1S/C21H30N4O2S/c1-21(2,3)23-18(26)13-24(4)19(27)14-25-12-8-7-10-16(25)20-22-15-9-5-6-11-17(15)28-20/h5-6,9,11,16H,7-8,10,12-14H2,1-4H3,(H,23,26)/t16-/m0/s1. The van der Waals surface area contributed by atoms with Gasteiger partial charge in [0.2, 0.25) is 11.8 Å². The van der Waals surface area contributed by atoms with Crippen molar-refractivity contribution in [2.24, 2.45) is 0 Å². The van der Waals surface area contributed by atoms with E-state index in [9.17, 15) is 9.59 Å². The zero-order valence-electron chi connectivity index (χ0n) is 17.2. The molecule has 6 nitrogen and oxygen atoms in total. The largest absolute Gasteiger partial charge is 0.350 e. The number of piperidine rings is 1. The molecule has 152 valence electrons. The van der Waals surface area contributed by atoms with Gasteiger partial charge in [0.05, 0.1) is 29.3 Å². The summed E-state index contributed by atoms with van der Waals surface area (Å²) in [6.07, 6.45) is 3.25. The van der Waals surface area contributed by atoms with E-state index in [0.29, 0.717) is 6.54 Å². The van der Waals surface area contributed by atoms with E-state index in [1.54, 1.807) is 18.4 Å². The van der Waals surface area contributed by atoms with Gasteiger partial charge in [-0.05, 0) is 52.3 Å². The first-order valence-corrected chi connectivity index (χ1v) is 10.7. The van der Waals surface area contributed by atoms with Gasteiger partial charge in [-0.15, -0.1) is 11.3 Å². The minimum Gasteiger partial charge on any atom is -0.350 e. The van der Waals surface area contributed by atoms with Crippen LogP contribution in [0.3, 0.4) is 0 Å². The number of likely N-dealkylation sites (tertiary alicyclic amines) is 1. The molecule has 7 heteroatoms. The number of amides is 2. The first-order chi connectivity index (χ1) is 13.2. The molecule has 0 radical (unpaired) electrons. The Kier molecular flexibility index (Phi) is 6.35. The molecule has 1 saturated heterocycles. The number of nitrogens with zero attached hydrogens (tertiary/aromatic N) is 3. The number of aromatic nitrogens is 1. The van der Waals surface area contributed by atoms with Crippen LogP contribution in [0, 0.1) is 0 Å². The van der Waals surface area contributed by atoms with Gasteiger partial charge < -0.3 is 10.2 Å². The fourth-order valence-corrected chi connectivity index (χ4v) is 4.69. The lowest BCUT2D eigenvalue weighted by molar-refractivity contribution is -0.136. The first-order valence-electron chi connectivity index (χ1n) is 9.87. The normalized spacial score (nSPS) is 18.2. The molecular formula is C21H30N4O2S. The Morgan fingerprint density at radius 2 is 2.04 bits per heavy atom. The lowest BCUT2D eigenvalue weighted by Gasteiger charge is -2.35. The molecule has 0 bridgehead atoms. The first kappa shape index (κ1) is 20.7. The minimum atomic E-state index is -0.300. The van der Waals surface area contributed by atoms with E-state index in [4.69, 9.17) is 4.98 Å². The van der Waals surface area contributed by atoms with Crippen LogP contribution < -0.4 is 5.32 Å². The van der Waals surface area contributed by atoms with Gasteiger partial charge >= 0.3 is 0 Å². The van der Waals surface area contributed by atoms with E-state index < -0.39 is 0 Å². The molecule has 1 aromatic carbocycles. The molecule has 0 spiro atoms. The summed E-state index contributed by atoms with van der Waals surface area (Å²) in [5.41, 5.74) is 0.724. The number of benzene rings is 1. The van der Waals surface area contributed by atoms with Crippen LogP contribution in [0.25, 0.3) is 10.2 Å². The lowest BCUT2D eigenvalue weighted by Crippen LogP contribution is -2.48. The number of nitrogens with one attached hydrogen (secondary N) is 1. The fraction of sp³-hybridized carbons (Fsp3) is 0.571. The van der Waals surface area contributed by atoms with Gasteiger partial charge in [0.1, 0.15) is 5.01 Å². The number of rotatable bonds is 5. The van der Waals surface area contributed by atoms with Crippen molar-refractivity contribution in [3.8, 4) is 0 Å². The fourth-order valence-electron chi connectivity index (χ4n) is 3.55. The van der Waals surface area contributed by atoms with Crippen molar-refractivity contribution in [1.82, 2.24) is 20.1 Å². The number of likely N-dealkylation sites (N-methyl/N-ethyl adjacent to an activating group) is 1. The van der Waals surface area contributed by atoms with Gasteiger partial charge in [0, 0.05) is 12.6 Å². The second-order valence-corrected chi connectivity index (χ2v) is 9.61. The zero-order valence-corrected chi connectivity index (χ0v) is 18.0. The average molecular weight is 403 g/mol. The molecule has 0 aliphatic carbocycles. The van der Waals surface area contributed by atoms with Gasteiger partial charge in [-0.2, -0.15) is 0 Å². The summed E-state index contributed by atoms with van der Waals surface area (Å²) < 4.78 is 1.19. The molecule has 2 amide bonds. The Labute approximate surface area is 170 Å². The molecular weight excluding hydrogens is 372 g/mol. The van der Waals surface area contributed by atoms with Gasteiger partial charge in [-0.1, -0.05) is 18.6 Å². The number of carbonyl (C=O) groups excluding carboxylic acids is 2. The second kappa shape index (κ2) is 8.57. The minimum absolute atomic E-state index is 0.0305. The molecule has 1 aliphatic rings. The van der Waals surface area contributed by atoms with Crippen molar-refractivity contribution in [2.75, 3.05) is 26.7 Å². The van der Waals surface area contributed by atoms with Crippen LogP contribution in [0.15, 0.2) is 24.3 Å². The van der Waals surface area contributed by atoms with Crippen molar-refractivity contribution in [2.45, 2.75) is 51.6 Å². The third-order valence-corrected chi connectivity index (χ3v) is 6.01. The Balaban J connectivity index is 1.65. The summed E-state index contributed by atoms with van der Waals surface area (Å²) in [7, 11) is 1.70. The number of para-hydroxylation sites is 1. The van der Waals surface area contributed by atoms with Gasteiger partial charge in [-0.25, -0.2) is 4.98 Å². The Bertz CT molecular complexity index is 809. The van der Waals surface area contributed by atoms with Crippen molar-refractivity contribution < 1.29 is 9.59 Å². The summed E-state index contributed by atoms with van der Waals surface area (Å²) in [6.45, 7) is 7.08. The van der Waals surface area contributed by atoms with Gasteiger partial charge in [0.15, 0.2) is 0 Å². The topological polar surface area (TPSA) is 65.5 Å². The Morgan fingerprint density at radius 3 is 2.75 bits per heavy atom. The van der Waals surface area contributed by atoms with Crippen LogP contribution >= 0.6 is 11.3 Å². The van der Waals surface area contributed by atoms with Crippen LogP contribution in [0.1, 0.15) is 51.1 Å². The predicted molar refractivity (Wildman–Crippen MR) is 113 cm³/mol. The summed E-state index contributed by atoms with van der Waals surface area (Å²) >= 11 is 1.72. The van der Waals surface area contributed by atoms with Crippen LogP contribution in [0.4, 0.5) is 0 Å². The maximum atomic E-state index is 12.7. The Hall–Kier alpha value is -1.99. The molecule has 2 aromatic rings. The van der Waals surface area contributed by atoms with Crippen LogP contribution in [-0.4, -0.2) is 58.8 Å². The van der Waals surface area contributed by atoms with Crippen molar-refractivity contribution in [1.29, 1.82) is 0 Å². The van der Waals surface area contributed by atoms with E-state index in [1.165, 1.54) is 9.60 Å². The average Bonchev–Trinajstić information content (AvgIpc) is 3.04. The van der Waals surface area contributed by atoms with Crippen LogP contribution in [-0.2, 0) is 9.59 Å². The highest BCUT2D eigenvalue weighted by molar-refractivity contribution is 7.18. The summed E-state index contributed by atoms with van der Waals surface area (Å²) in [5, 5.41) is 3.99. The molecule has 2 heterocycles. The molecule has 1 atom stereocenters. The number of carbonyl (C=O) groups is 2. The number of hydrogen-bond donors (Lipinski definition) is 1. The summed E-state index contributed by atoms with van der Waals surface area (Å²) in [6, 6.07) is 8.34. The van der Waals surface area contributed by atoms with Crippen molar-refractivity contribution in [3.05, 3.63) is 29.3 Å². The maximum Gasteiger partial charge on any atom is 0.240 e. The Morgan fingerprint density at radius 1 is 1.29 bits per heavy atom. The molecule has 0 saturated carbocycles. The molecule has 1 N–H and O–H groups in total. The van der Waals surface area contributed by atoms with Crippen LogP contribution in [0.2, 0.25) is 0 Å². The van der Waals surface area contributed by atoms with E-state index in [2.05, 4.69) is 16.3 Å².